The lowest BCUT2D eigenvalue weighted by atomic mass is 10.0. The van der Waals surface area contributed by atoms with E-state index in [1.54, 1.807) is 5.57 Å². The van der Waals surface area contributed by atoms with Crippen molar-refractivity contribution in [1.29, 1.82) is 0 Å². The molecule has 0 amide bonds. The van der Waals surface area contributed by atoms with E-state index < -0.39 is 0 Å². The molecule has 0 aliphatic heterocycles. The second kappa shape index (κ2) is 4.46. The predicted octanol–water partition coefficient (Wildman–Crippen LogP) is 2.51. The highest BCUT2D eigenvalue weighted by Crippen LogP contribution is 2.19. The second-order valence-electron chi connectivity index (χ2n) is 3.84. The van der Waals surface area contributed by atoms with Gasteiger partial charge < -0.3 is 5.32 Å². The standard InChI is InChI=1S/C11H19N/c1-9(2)12-8-10(3)11-6-4-5-7-11/h4-6,9-10,12H,7-8H2,1-3H3. The van der Waals surface area contributed by atoms with E-state index in [9.17, 15) is 0 Å². The van der Waals surface area contributed by atoms with Gasteiger partial charge in [0.15, 0.2) is 0 Å². The van der Waals surface area contributed by atoms with E-state index in [2.05, 4.69) is 44.3 Å². The Hall–Kier alpha value is -0.560. The van der Waals surface area contributed by atoms with Crippen molar-refractivity contribution < 1.29 is 0 Å². The minimum absolute atomic E-state index is 0.599. The summed E-state index contributed by atoms with van der Waals surface area (Å²) in [5, 5.41) is 3.45. The van der Waals surface area contributed by atoms with Crippen molar-refractivity contribution in [3.8, 4) is 0 Å². The van der Waals surface area contributed by atoms with Crippen molar-refractivity contribution in [1.82, 2.24) is 5.32 Å². The van der Waals surface area contributed by atoms with Crippen molar-refractivity contribution in [2.75, 3.05) is 6.54 Å². The third-order valence-corrected chi connectivity index (χ3v) is 2.27. The highest BCUT2D eigenvalue weighted by Gasteiger charge is 2.09. The largest absolute Gasteiger partial charge is 0.314 e. The van der Waals surface area contributed by atoms with Gasteiger partial charge in [-0.2, -0.15) is 0 Å². The molecule has 1 nitrogen and oxygen atoms in total. The maximum absolute atomic E-state index is 3.45. The first-order valence-electron chi connectivity index (χ1n) is 4.79. The molecule has 0 aromatic heterocycles. The van der Waals surface area contributed by atoms with Crippen LogP contribution in [0.4, 0.5) is 0 Å². The molecule has 1 heteroatoms. The van der Waals surface area contributed by atoms with Crippen molar-refractivity contribution >= 4 is 0 Å². The molecule has 0 heterocycles. The molecular formula is C11H19N. The molecule has 68 valence electrons. The minimum Gasteiger partial charge on any atom is -0.314 e. The number of allylic oxidation sites excluding steroid dienone is 3. The Morgan fingerprint density at radius 1 is 1.42 bits per heavy atom. The first kappa shape index (κ1) is 9.53. The minimum atomic E-state index is 0.599. The molecule has 0 saturated carbocycles. The molecule has 1 N–H and O–H groups in total. The molecule has 1 aliphatic carbocycles. The summed E-state index contributed by atoms with van der Waals surface area (Å²) >= 11 is 0. The molecule has 0 bridgehead atoms. The molecule has 0 spiro atoms. The van der Waals surface area contributed by atoms with E-state index in [0.717, 1.165) is 13.0 Å². The molecule has 0 fully saturated rings. The summed E-state index contributed by atoms with van der Waals surface area (Å²) in [5.74, 6) is 0.683. The van der Waals surface area contributed by atoms with Gasteiger partial charge >= 0.3 is 0 Å². The molecule has 0 saturated heterocycles. The van der Waals surface area contributed by atoms with Gasteiger partial charge in [-0.25, -0.2) is 0 Å². The van der Waals surface area contributed by atoms with E-state index in [4.69, 9.17) is 0 Å². The SMILES string of the molecule is CC(C)NCC(C)C1=CC=CC1. The van der Waals surface area contributed by atoms with Crippen LogP contribution >= 0.6 is 0 Å². The predicted molar refractivity (Wildman–Crippen MR) is 54.1 cm³/mol. The van der Waals surface area contributed by atoms with Crippen LogP contribution in [0.2, 0.25) is 0 Å². The Morgan fingerprint density at radius 2 is 2.17 bits per heavy atom. The van der Waals surface area contributed by atoms with Crippen molar-refractivity contribution in [2.45, 2.75) is 33.2 Å². The van der Waals surface area contributed by atoms with Gasteiger partial charge in [0.2, 0.25) is 0 Å². The first-order valence-corrected chi connectivity index (χ1v) is 4.79. The molecule has 1 unspecified atom stereocenters. The van der Waals surface area contributed by atoms with Gasteiger partial charge in [0, 0.05) is 12.6 Å². The third kappa shape index (κ3) is 2.82. The van der Waals surface area contributed by atoms with Crippen LogP contribution in [0.3, 0.4) is 0 Å². The van der Waals surface area contributed by atoms with Gasteiger partial charge in [-0.1, -0.05) is 44.6 Å². The monoisotopic (exact) mass is 165 g/mol. The van der Waals surface area contributed by atoms with Crippen molar-refractivity contribution in [2.24, 2.45) is 5.92 Å². The zero-order valence-corrected chi connectivity index (χ0v) is 8.30. The number of hydrogen-bond acceptors (Lipinski definition) is 1. The van der Waals surface area contributed by atoms with Crippen LogP contribution in [0.1, 0.15) is 27.2 Å². The van der Waals surface area contributed by atoms with Gasteiger partial charge in [0.05, 0.1) is 0 Å². The first-order chi connectivity index (χ1) is 5.70. The van der Waals surface area contributed by atoms with Crippen LogP contribution < -0.4 is 5.32 Å². The van der Waals surface area contributed by atoms with Gasteiger partial charge in [0.25, 0.3) is 0 Å². The second-order valence-corrected chi connectivity index (χ2v) is 3.84. The summed E-state index contributed by atoms with van der Waals surface area (Å²) in [6.07, 6.45) is 7.77. The van der Waals surface area contributed by atoms with E-state index in [1.807, 2.05) is 0 Å². The smallest absolute Gasteiger partial charge is 0.00168 e. The quantitative estimate of drug-likeness (QED) is 0.675. The molecule has 0 aromatic rings. The van der Waals surface area contributed by atoms with E-state index in [-0.39, 0.29) is 0 Å². The summed E-state index contributed by atoms with van der Waals surface area (Å²) in [6.45, 7) is 7.77. The topological polar surface area (TPSA) is 12.0 Å². The van der Waals surface area contributed by atoms with Crippen LogP contribution in [-0.2, 0) is 0 Å². The molecule has 12 heavy (non-hydrogen) atoms. The zero-order valence-electron chi connectivity index (χ0n) is 8.30. The zero-order chi connectivity index (χ0) is 8.97. The Balaban J connectivity index is 2.24. The van der Waals surface area contributed by atoms with Gasteiger partial charge in [0.1, 0.15) is 0 Å². The van der Waals surface area contributed by atoms with Crippen molar-refractivity contribution in [3.05, 3.63) is 23.8 Å². The fourth-order valence-electron chi connectivity index (χ4n) is 1.37. The Kier molecular flexibility index (Phi) is 3.54. The lowest BCUT2D eigenvalue weighted by molar-refractivity contribution is 0.516. The third-order valence-electron chi connectivity index (χ3n) is 2.27. The number of nitrogens with one attached hydrogen (secondary N) is 1. The number of rotatable bonds is 4. The molecule has 0 aromatic carbocycles. The summed E-state index contributed by atoms with van der Waals surface area (Å²) < 4.78 is 0. The van der Waals surface area contributed by atoms with Crippen LogP contribution in [0.5, 0.6) is 0 Å². The van der Waals surface area contributed by atoms with Crippen LogP contribution in [0, 0.1) is 5.92 Å². The molecular weight excluding hydrogens is 146 g/mol. The highest BCUT2D eigenvalue weighted by molar-refractivity contribution is 5.24. The molecule has 1 aliphatic rings. The maximum Gasteiger partial charge on any atom is 0.00168 e. The summed E-state index contributed by atoms with van der Waals surface area (Å²) in [5.41, 5.74) is 1.56. The summed E-state index contributed by atoms with van der Waals surface area (Å²) in [7, 11) is 0. The van der Waals surface area contributed by atoms with Crippen LogP contribution in [-0.4, -0.2) is 12.6 Å². The maximum atomic E-state index is 3.45. The molecule has 1 rings (SSSR count). The number of hydrogen-bond donors (Lipinski definition) is 1. The Morgan fingerprint density at radius 3 is 2.67 bits per heavy atom. The summed E-state index contributed by atoms with van der Waals surface area (Å²) in [4.78, 5) is 0. The van der Waals surface area contributed by atoms with E-state index in [1.165, 1.54) is 0 Å². The molecule has 1 atom stereocenters. The lowest BCUT2D eigenvalue weighted by Crippen LogP contribution is -2.28. The Labute approximate surface area is 75.6 Å². The highest BCUT2D eigenvalue weighted by atomic mass is 14.9. The van der Waals surface area contributed by atoms with Crippen LogP contribution in [0.25, 0.3) is 0 Å². The fraction of sp³-hybridized carbons (Fsp3) is 0.636. The Bertz CT molecular complexity index is 189. The average molecular weight is 165 g/mol. The van der Waals surface area contributed by atoms with Gasteiger partial charge in [-0.15, -0.1) is 0 Å². The summed E-state index contributed by atoms with van der Waals surface area (Å²) in [6, 6.07) is 0.599. The van der Waals surface area contributed by atoms with E-state index in [0.29, 0.717) is 12.0 Å². The fourth-order valence-corrected chi connectivity index (χ4v) is 1.37. The average Bonchev–Trinajstić information content (AvgIpc) is 2.51. The van der Waals surface area contributed by atoms with Gasteiger partial charge in [-0.05, 0) is 12.3 Å². The molecule has 0 radical (unpaired) electrons. The van der Waals surface area contributed by atoms with Crippen molar-refractivity contribution in [3.63, 3.8) is 0 Å². The van der Waals surface area contributed by atoms with E-state index >= 15 is 0 Å². The normalized spacial score (nSPS) is 18.5. The lowest BCUT2D eigenvalue weighted by Gasteiger charge is -2.15. The van der Waals surface area contributed by atoms with Gasteiger partial charge in [-0.3, -0.25) is 0 Å². The van der Waals surface area contributed by atoms with Crippen LogP contribution in [0.15, 0.2) is 23.8 Å².